The van der Waals surface area contributed by atoms with Crippen LogP contribution in [0, 0.1) is 20.9 Å². The lowest BCUT2D eigenvalue weighted by Gasteiger charge is -2.61. The van der Waals surface area contributed by atoms with Crippen LogP contribution < -0.4 is 19.7 Å². The van der Waals surface area contributed by atoms with Crippen LogP contribution in [-0.2, 0) is 14.8 Å². The van der Waals surface area contributed by atoms with E-state index >= 15 is 0 Å². The average Bonchev–Trinajstić information content (AvgIpc) is 3.76. The smallest absolute Gasteiger partial charge is 0.293 e. The van der Waals surface area contributed by atoms with E-state index in [1.807, 2.05) is 18.2 Å². The largest absolute Gasteiger partial charge is 0.455 e. The molecule has 352 valence electrons. The minimum Gasteiger partial charge on any atom is -0.455 e. The van der Waals surface area contributed by atoms with E-state index in [0.717, 1.165) is 126 Å². The van der Waals surface area contributed by atoms with Crippen LogP contribution in [0.1, 0.15) is 74.7 Å². The Labute approximate surface area is 396 Å². The number of piperazine rings is 1. The minimum atomic E-state index is -4.56. The molecule has 15 nitrogen and oxygen atoms in total. The number of ether oxygens (including phenoxy) is 2. The molecule has 4 fully saturated rings. The minimum absolute atomic E-state index is 0.0277. The number of fused-ring (bicyclic) bond motifs is 1. The molecule has 67 heavy (non-hydrogen) atoms. The van der Waals surface area contributed by atoms with E-state index in [4.69, 9.17) is 21.1 Å². The highest BCUT2D eigenvalue weighted by molar-refractivity contribution is 7.90. The molecule has 5 aliphatic rings. The molecule has 2 aromatic heterocycles. The first kappa shape index (κ1) is 45.3. The molecule has 2 aliphatic carbocycles. The number of pyridine rings is 1. The van der Waals surface area contributed by atoms with Crippen LogP contribution in [0.25, 0.3) is 16.6 Å². The summed E-state index contributed by atoms with van der Waals surface area (Å²) in [5.74, 6) is -0.447. The Balaban J connectivity index is 0.831. The molecule has 3 aromatic carbocycles. The van der Waals surface area contributed by atoms with E-state index in [2.05, 4.69) is 60.7 Å². The van der Waals surface area contributed by atoms with E-state index in [9.17, 15) is 23.3 Å². The van der Waals surface area contributed by atoms with Gasteiger partial charge >= 0.3 is 0 Å². The fourth-order valence-electron chi connectivity index (χ4n) is 10.9. The number of nitrogens with one attached hydrogen (secondary N) is 3. The van der Waals surface area contributed by atoms with Crippen LogP contribution in [-0.4, -0.2) is 110 Å². The summed E-state index contributed by atoms with van der Waals surface area (Å²) < 4.78 is 41.7. The van der Waals surface area contributed by atoms with Gasteiger partial charge in [0, 0.05) is 106 Å². The molecule has 0 radical (unpaired) electrons. The van der Waals surface area contributed by atoms with Crippen LogP contribution in [0.2, 0.25) is 5.02 Å². The molecular weight excluding hydrogens is 892 g/mol. The monoisotopic (exact) mass is 948 g/mol. The number of hydrogen-bond donors (Lipinski definition) is 3. The predicted octanol–water partition coefficient (Wildman–Crippen LogP) is 8.88. The van der Waals surface area contributed by atoms with E-state index in [0.29, 0.717) is 17.4 Å². The fraction of sp³-hybridized carbons (Fsp3) is 0.440. The first-order chi connectivity index (χ1) is 32.2. The number of nitro groups is 1. The van der Waals surface area contributed by atoms with Gasteiger partial charge in [0.1, 0.15) is 22.8 Å². The number of carbonyl (C=O) groups excluding carboxylic acids is 1. The molecule has 5 aromatic rings. The average molecular weight is 950 g/mol. The third kappa shape index (κ3) is 9.77. The fourth-order valence-corrected chi connectivity index (χ4v) is 12.0. The second-order valence-corrected chi connectivity index (χ2v) is 22.0. The molecule has 3 N–H and O–H groups in total. The lowest BCUT2D eigenvalue weighted by atomic mass is 9.60. The summed E-state index contributed by atoms with van der Waals surface area (Å²) in [6, 6.07) is 21.2. The summed E-state index contributed by atoms with van der Waals surface area (Å²) in [7, 11) is -4.56. The van der Waals surface area contributed by atoms with Crippen LogP contribution >= 0.6 is 11.6 Å². The molecule has 1 saturated carbocycles. The Morgan fingerprint density at radius 1 is 1.00 bits per heavy atom. The zero-order valence-corrected chi connectivity index (χ0v) is 39.5. The maximum Gasteiger partial charge on any atom is 0.293 e. The van der Waals surface area contributed by atoms with Gasteiger partial charge in [0.25, 0.3) is 21.6 Å². The van der Waals surface area contributed by atoms with Gasteiger partial charge in [-0.1, -0.05) is 43.2 Å². The summed E-state index contributed by atoms with van der Waals surface area (Å²) >= 11 is 6.26. The van der Waals surface area contributed by atoms with Crippen LogP contribution in [0.4, 0.5) is 17.1 Å². The highest BCUT2D eigenvalue weighted by atomic mass is 35.5. The summed E-state index contributed by atoms with van der Waals surface area (Å²) in [6.45, 7) is 12.3. The standard InChI is InChI=1S/C50H57ClN8O7S/c1-49(2)15-11-35(43(28-49)33-3-5-36(51)6-4-33)30-56-17-19-57(20-18-56)39-7-9-42(46(24-39)66-40-23-34-12-16-52-47(34)53-29-40)48(60)55-67(63,64)41-8-10-44(45(25-41)59(61)62)54-37-26-50(27-37)31-58(32-50)38-13-21-65-22-14-38/h3-10,12,16,23-25,29,37-38,54H,11,13-15,17-22,26-28,30-32H2,1-2H3,(H,52,53)(H,55,60). The third-order valence-electron chi connectivity index (χ3n) is 14.5. The number of hydrogen-bond acceptors (Lipinski definition) is 12. The van der Waals surface area contributed by atoms with Crippen molar-refractivity contribution in [1.29, 1.82) is 0 Å². The van der Waals surface area contributed by atoms with E-state index in [-0.39, 0.29) is 39.6 Å². The Morgan fingerprint density at radius 3 is 2.51 bits per heavy atom. The SMILES string of the molecule is CC1(C)CCC(CN2CCN(c3ccc(C(=O)NS(=O)(=O)c4ccc(NC5CC6(C5)CN(C5CCOCC5)C6)c([N+](=O)[O-])c4)c(Oc4cnc5[nH]ccc5c4)c3)CC2)=C(c2ccc(Cl)cc2)C1. The quantitative estimate of drug-likeness (QED) is 0.0757. The number of anilines is 2. The van der Waals surface area contributed by atoms with Crippen molar-refractivity contribution in [3.63, 3.8) is 0 Å². The van der Waals surface area contributed by atoms with Crippen molar-refractivity contribution < 1.29 is 27.6 Å². The first-order valence-electron chi connectivity index (χ1n) is 23.3. The third-order valence-corrected chi connectivity index (χ3v) is 16.1. The number of allylic oxidation sites excluding steroid dienone is 1. The number of aromatic nitrogens is 2. The van der Waals surface area contributed by atoms with Crippen molar-refractivity contribution in [2.24, 2.45) is 10.8 Å². The first-order valence-corrected chi connectivity index (χ1v) is 25.2. The molecule has 0 unspecified atom stereocenters. The Morgan fingerprint density at radius 2 is 1.76 bits per heavy atom. The van der Waals surface area contributed by atoms with Crippen molar-refractivity contribution >= 4 is 61.2 Å². The van der Waals surface area contributed by atoms with Crippen molar-refractivity contribution in [3.05, 3.63) is 117 Å². The molecule has 1 amide bonds. The molecule has 3 aliphatic heterocycles. The van der Waals surface area contributed by atoms with E-state index < -0.39 is 25.7 Å². The predicted molar refractivity (Wildman–Crippen MR) is 260 cm³/mol. The number of benzene rings is 3. The maximum absolute atomic E-state index is 14.0. The van der Waals surface area contributed by atoms with Gasteiger partial charge in [-0.05, 0) is 115 Å². The zero-order valence-electron chi connectivity index (χ0n) is 37.9. The summed E-state index contributed by atoms with van der Waals surface area (Å²) in [5, 5.41) is 17.2. The van der Waals surface area contributed by atoms with Crippen LogP contribution in [0.3, 0.4) is 0 Å². The molecule has 5 heterocycles. The van der Waals surface area contributed by atoms with Gasteiger partial charge in [0.05, 0.1) is 21.6 Å². The highest BCUT2D eigenvalue weighted by Crippen LogP contribution is 2.51. The number of rotatable bonds is 13. The van der Waals surface area contributed by atoms with Crippen LogP contribution in [0.5, 0.6) is 11.5 Å². The van der Waals surface area contributed by atoms with E-state index in [1.54, 1.807) is 30.5 Å². The highest BCUT2D eigenvalue weighted by Gasteiger charge is 2.54. The van der Waals surface area contributed by atoms with Crippen molar-refractivity contribution in [2.75, 3.05) is 69.2 Å². The second-order valence-electron chi connectivity index (χ2n) is 19.9. The molecular formula is C50H57ClN8O7S. The van der Waals surface area contributed by atoms with Crippen molar-refractivity contribution in [3.8, 4) is 11.5 Å². The Hall–Kier alpha value is -5.52. The number of amides is 1. The Bertz CT molecular complexity index is 2820. The molecule has 0 bridgehead atoms. The lowest BCUT2D eigenvalue weighted by molar-refractivity contribution is -0.384. The van der Waals surface area contributed by atoms with Gasteiger partial charge < -0.3 is 24.7 Å². The molecule has 3 saturated heterocycles. The number of sulfonamides is 1. The van der Waals surface area contributed by atoms with E-state index in [1.165, 1.54) is 35.0 Å². The van der Waals surface area contributed by atoms with Gasteiger partial charge in [-0.3, -0.25) is 24.7 Å². The number of carbonyl (C=O) groups is 1. The number of halogens is 1. The molecule has 0 atom stereocenters. The van der Waals surface area contributed by atoms with Gasteiger partial charge in [-0.2, -0.15) is 0 Å². The summed E-state index contributed by atoms with van der Waals surface area (Å²) in [5.41, 5.74) is 5.88. The number of nitrogens with zero attached hydrogens (tertiary/aromatic N) is 5. The number of nitro benzene ring substituents is 1. The lowest BCUT2D eigenvalue weighted by Crippen LogP contribution is -2.67. The summed E-state index contributed by atoms with van der Waals surface area (Å²) in [4.78, 5) is 40.1. The topological polar surface area (TPSA) is 175 Å². The van der Waals surface area contributed by atoms with Crippen molar-refractivity contribution in [2.45, 2.75) is 75.8 Å². The molecule has 17 heteroatoms. The maximum atomic E-state index is 14.0. The Kier molecular flexibility index (Phi) is 12.3. The molecule has 10 rings (SSSR count). The van der Waals surface area contributed by atoms with Crippen LogP contribution in [0.15, 0.2) is 95.7 Å². The summed E-state index contributed by atoms with van der Waals surface area (Å²) in [6.07, 6.45) is 10.4. The van der Waals surface area contributed by atoms with Gasteiger partial charge in [-0.25, -0.2) is 18.1 Å². The zero-order chi connectivity index (χ0) is 46.5. The van der Waals surface area contributed by atoms with Gasteiger partial charge in [0.15, 0.2) is 0 Å². The number of aromatic amines is 1. The number of H-pyrrole nitrogens is 1. The normalized spacial score (nSPS) is 20.4. The number of likely N-dealkylation sites (tertiary alicyclic amines) is 1. The second kappa shape index (κ2) is 18.2. The molecule has 1 spiro atoms. The van der Waals surface area contributed by atoms with Gasteiger partial charge in [0.2, 0.25) is 0 Å². The van der Waals surface area contributed by atoms with Gasteiger partial charge in [-0.15, -0.1) is 0 Å². The van der Waals surface area contributed by atoms with Crippen molar-refractivity contribution in [1.82, 2.24) is 24.5 Å².